The van der Waals surface area contributed by atoms with Crippen molar-refractivity contribution in [1.29, 1.82) is 0 Å². The van der Waals surface area contributed by atoms with Crippen molar-refractivity contribution in [3.05, 3.63) is 70.5 Å². The average molecular weight is 487 g/mol. The summed E-state index contributed by atoms with van der Waals surface area (Å²) in [5.74, 6) is -0.343. The van der Waals surface area contributed by atoms with Crippen LogP contribution in [0.15, 0.2) is 48.8 Å². The largest absolute Gasteiger partial charge is 0.333 e. The highest BCUT2D eigenvalue weighted by molar-refractivity contribution is 6.30. The number of pyridine rings is 1. The molecule has 0 aliphatic carbocycles. The number of nitrogens with zero attached hydrogens (tertiary/aromatic N) is 6. The molecule has 1 aliphatic heterocycles. The first-order valence-electron chi connectivity index (χ1n) is 10.8. The molecule has 172 valence electrons. The molecule has 2 aromatic heterocycles. The summed E-state index contributed by atoms with van der Waals surface area (Å²) in [7, 11) is 0. The van der Waals surface area contributed by atoms with Gasteiger partial charge >= 0.3 is 0 Å². The van der Waals surface area contributed by atoms with E-state index >= 15 is 0 Å². The number of hydrogen-bond acceptors (Lipinski definition) is 5. The fourth-order valence-electron chi connectivity index (χ4n) is 4.24. The molecule has 1 aliphatic rings. The summed E-state index contributed by atoms with van der Waals surface area (Å²) < 4.78 is 1.53. The van der Waals surface area contributed by atoms with Crippen LogP contribution in [0.3, 0.4) is 0 Å². The third-order valence-corrected chi connectivity index (χ3v) is 6.64. The fourth-order valence-corrected chi connectivity index (χ4v) is 4.59. The maximum Gasteiger partial charge on any atom is 0.294 e. The summed E-state index contributed by atoms with van der Waals surface area (Å²) >= 11 is 12.0. The number of carbonyl (C=O) groups excluding carboxylic acids is 2. The van der Waals surface area contributed by atoms with Crippen LogP contribution in [0.4, 0.5) is 0 Å². The van der Waals surface area contributed by atoms with Crippen molar-refractivity contribution in [2.45, 2.75) is 32.2 Å². The molecule has 0 spiro atoms. The van der Waals surface area contributed by atoms with Crippen LogP contribution in [0.1, 0.15) is 47.8 Å². The standard InChI is InChI=1S/C23H24Cl2N6O2/c1-3-23(4-2)14-29(21(32)18-9-6-10-19(25)27-18)11-12-30(23)22(33)20-26-15-31(28-20)17-8-5-7-16(24)13-17/h5-10,13,15H,3-4,11-12,14H2,1-2H3. The van der Waals surface area contributed by atoms with E-state index in [1.165, 1.54) is 11.0 Å². The van der Waals surface area contributed by atoms with Crippen molar-refractivity contribution in [2.24, 2.45) is 0 Å². The van der Waals surface area contributed by atoms with Crippen LogP contribution in [0.25, 0.3) is 5.69 Å². The van der Waals surface area contributed by atoms with Crippen LogP contribution < -0.4 is 0 Å². The number of amides is 2. The predicted molar refractivity (Wildman–Crippen MR) is 126 cm³/mol. The molecule has 2 amide bonds. The fraction of sp³-hybridized carbons (Fsp3) is 0.348. The summed E-state index contributed by atoms with van der Waals surface area (Å²) in [5, 5.41) is 5.24. The molecule has 0 saturated carbocycles. The summed E-state index contributed by atoms with van der Waals surface area (Å²) in [6, 6.07) is 12.2. The van der Waals surface area contributed by atoms with Crippen molar-refractivity contribution < 1.29 is 9.59 Å². The zero-order valence-electron chi connectivity index (χ0n) is 18.4. The van der Waals surface area contributed by atoms with E-state index in [1.807, 2.05) is 26.0 Å². The zero-order chi connectivity index (χ0) is 23.6. The van der Waals surface area contributed by atoms with E-state index in [-0.39, 0.29) is 22.8 Å². The van der Waals surface area contributed by atoms with Crippen LogP contribution in [-0.2, 0) is 0 Å². The van der Waals surface area contributed by atoms with E-state index in [4.69, 9.17) is 23.2 Å². The molecular weight excluding hydrogens is 463 g/mol. The highest BCUT2D eigenvalue weighted by atomic mass is 35.5. The van der Waals surface area contributed by atoms with Gasteiger partial charge in [-0.15, -0.1) is 5.10 Å². The van der Waals surface area contributed by atoms with Gasteiger partial charge in [-0.2, -0.15) is 0 Å². The van der Waals surface area contributed by atoms with Gasteiger partial charge in [0.1, 0.15) is 17.2 Å². The highest BCUT2D eigenvalue weighted by Gasteiger charge is 2.44. The van der Waals surface area contributed by atoms with Gasteiger partial charge in [0.15, 0.2) is 0 Å². The number of hydrogen-bond donors (Lipinski definition) is 0. The molecule has 0 radical (unpaired) electrons. The number of aromatic nitrogens is 4. The van der Waals surface area contributed by atoms with E-state index in [2.05, 4.69) is 15.1 Å². The molecule has 1 saturated heterocycles. The normalized spacial score (nSPS) is 15.5. The van der Waals surface area contributed by atoms with Crippen molar-refractivity contribution in [1.82, 2.24) is 29.5 Å². The predicted octanol–water partition coefficient (Wildman–Crippen LogP) is 4.13. The lowest BCUT2D eigenvalue weighted by molar-refractivity contribution is -0.000148. The second-order valence-corrected chi connectivity index (χ2v) is 8.78. The average Bonchev–Trinajstić information content (AvgIpc) is 3.33. The lowest BCUT2D eigenvalue weighted by Gasteiger charge is -2.50. The van der Waals surface area contributed by atoms with Crippen LogP contribution in [0, 0.1) is 0 Å². The van der Waals surface area contributed by atoms with Gasteiger partial charge < -0.3 is 9.80 Å². The Morgan fingerprint density at radius 3 is 2.48 bits per heavy atom. The lowest BCUT2D eigenvalue weighted by atomic mass is 9.87. The Morgan fingerprint density at radius 1 is 1.03 bits per heavy atom. The molecule has 0 unspecified atom stereocenters. The van der Waals surface area contributed by atoms with Crippen molar-refractivity contribution >= 4 is 35.0 Å². The van der Waals surface area contributed by atoms with E-state index < -0.39 is 5.54 Å². The molecule has 0 atom stereocenters. The van der Waals surface area contributed by atoms with Crippen molar-refractivity contribution in [2.75, 3.05) is 19.6 Å². The van der Waals surface area contributed by atoms with Gasteiger partial charge in [-0.3, -0.25) is 9.59 Å². The second kappa shape index (κ2) is 9.49. The quantitative estimate of drug-likeness (QED) is 0.506. The summed E-state index contributed by atoms with van der Waals surface area (Å²) in [6.45, 7) is 5.20. The van der Waals surface area contributed by atoms with E-state index in [9.17, 15) is 9.59 Å². The summed E-state index contributed by atoms with van der Waals surface area (Å²) in [5.41, 5.74) is 0.478. The zero-order valence-corrected chi connectivity index (χ0v) is 19.9. The van der Waals surface area contributed by atoms with Gasteiger partial charge in [0.2, 0.25) is 5.82 Å². The molecule has 1 aromatic carbocycles. The molecule has 10 heteroatoms. The van der Waals surface area contributed by atoms with Gasteiger partial charge in [-0.05, 0) is 43.2 Å². The first-order chi connectivity index (χ1) is 15.9. The van der Waals surface area contributed by atoms with E-state index in [1.54, 1.807) is 40.1 Å². The molecule has 4 rings (SSSR count). The van der Waals surface area contributed by atoms with E-state index in [0.29, 0.717) is 43.2 Å². The Kier molecular flexibility index (Phi) is 6.67. The van der Waals surface area contributed by atoms with Gasteiger partial charge in [-0.1, -0.05) is 49.2 Å². The minimum atomic E-state index is -0.537. The maximum absolute atomic E-state index is 13.5. The number of benzene rings is 1. The third-order valence-electron chi connectivity index (χ3n) is 6.19. The summed E-state index contributed by atoms with van der Waals surface area (Å²) in [6.07, 6.45) is 2.86. The molecule has 3 aromatic rings. The van der Waals surface area contributed by atoms with Crippen LogP contribution in [0.5, 0.6) is 0 Å². The Balaban J connectivity index is 1.57. The Bertz CT molecular complexity index is 1180. The molecule has 33 heavy (non-hydrogen) atoms. The minimum absolute atomic E-state index is 0.109. The Morgan fingerprint density at radius 2 is 1.79 bits per heavy atom. The van der Waals surface area contributed by atoms with Gasteiger partial charge in [0.25, 0.3) is 11.8 Å². The molecular formula is C23H24Cl2N6O2. The second-order valence-electron chi connectivity index (χ2n) is 7.95. The van der Waals surface area contributed by atoms with Crippen LogP contribution in [-0.4, -0.2) is 66.5 Å². The monoisotopic (exact) mass is 486 g/mol. The van der Waals surface area contributed by atoms with Crippen LogP contribution >= 0.6 is 23.2 Å². The number of carbonyl (C=O) groups is 2. The first-order valence-corrected chi connectivity index (χ1v) is 11.5. The molecule has 3 heterocycles. The smallest absolute Gasteiger partial charge is 0.294 e. The van der Waals surface area contributed by atoms with Gasteiger partial charge in [-0.25, -0.2) is 14.6 Å². The van der Waals surface area contributed by atoms with E-state index in [0.717, 1.165) is 5.69 Å². The Hall–Kier alpha value is -2.97. The topological polar surface area (TPSA) is 84.2 Å². The number of rotatable bonds is 5. The highest BCUT2D eigenvalue weighted by Crippen LogP contribution is 2.31. The molecule has 0 bridgehead atoms. The van der Waals surface area contributed by atoms with Gasteiger partial charge in [0.05, 0.1) is 11.2 Å². The van der Waals surface area contributed by atoms with Crippen molar-refractivity contribution in [3.63, 3.8) is 0 Å². The van der Waals surface area contributed by atoms with Crippen LogP contribution in [0.2, 0.25) is 10.2 Å². The number of halogens is 2. The first kappa shape index (κ1) is 23.2. The SMILES string of the molecule is CCC1(CC)CN(C(=O)c2cccc(Cl)n2)CCN1C(=O)c1ncn(-c2cccc(Cl)c2)n1. The lowest BCUT2D eigenvalue weighted by Crippen LogP contribution is -2.64. The maximum atomic E-state index is 13.5. The third kappa shape index (κ3) is 4.58. The van der Waals surface area contributed by atoms with Crippen molar-refractivity contribution in [3.8, 4) is 5.69 Å². The summed E-state index contributed by atoms with van der Waals surface area (Å²) in [4.78, 5) is 38.5. The number of piperazine rings is 1. The van der Waals surface area contributed by atoms with Gasteiger partial charge in [0, 0.05) is 24.7 Å². The Labute approximate surface area is 202 Å². The molecule has 8 nitrogen and oxygen atoms in total. The minimum Gasteiger partial charge on any atom is -0.333 e. The molecule has 0 N–H and O–H groups in total. The molecule has 1 fully saturated rings.